The number of halogens is 1. The molecule has 0 unspecified atom stereocenters. The zero-order valence-corrected chi connectivity index (χ0v) is 19.6. The van der Waals surface area contributed by atoms with E-state index in [-0.39, 0.29) is 29.9 Å². The monoisotopic (exact) mass is 504 g/mol. The van der Waals surface area contributed by atoms with E-state index >= 15 is 0 Å². The number of aliphatic imine (C=N–C) groups is 1. The first kappa shape index (κ1) is 22.9. The molecule has 1 aromatic rings. The highest BCUT2D eigenvalue weighted by Gasteiger charge is 2.24. The van der Waals surface area contributed by atoms with Crippen molar-refractivity contribution >= 4 is 35.8 Å². The topological polar surface area (TPSA) is 77.2 Å². The van der Waals surface area contributed by atoms with E-state index in [0.717, 1.165) is 82.5 Å². The zero-order valence-electron chi connectivity index (χ0n) is 17.2. The minimum absolute atomic E-state index is 0. The van der Waals surface area contributed by atoms with E-state index < -0.39 is 0 Å². The Kier molecular flexibility index (Phi) is 9.00. The molecule has 2 saturated heterocycles. The summed E-state index contributed by atoms with van der Waals surface area (Å²) >= 11 is 0. The van der Waals surface area contributed by atoms with Crippen LogP contribution in [0.2, 0.25) is 0 Å². The third kappa shape index (κ3) is 5.82. The van der Waals surface area contributed by atoms with Crippen molar-refractivity contribution in [2.75, 3.05) is 59.4 Å². The number of piperazine rings is 1. The summed E-state index contributed by atoms with van der Waals surface area (Å²) in [4.78, 5) is 23.3. The van der Waals surface area contributed by atoms with E-state index in [1.165, 1.54) is 5.56 Å². The molecule has 9 heteroatoms. The lowest BCUT2D eigenvalue weighted by molar-refractivity contribution is -0.131. The molecule has 1 aromatic heterocycles. The first-order chi connectivity index (χ1) is 13.1. The van der Waals surface area contributed by atoms with E-state index in [9.17, 15) is 4.79 Å². The minimum Gasteiger partial charge on any atom is -0.361 e. The van der Waals surface area contributed by atoms with Gasteiger partial charge in [0.05, 0.1) is 12.2 Å². The number of guanidine groups is 1. The molecule has 0 aromatic carbocycles. The second-order valence-corrected chi connectivity index (χ2v) is 7.38. The van der Waals surface area contributed by atoms with Crippen LogP contribution < -0.4 is 5.32 Å². The molecule has 0 radical (unpaired) electrons. The number of nitrogens with zero attached hydrogens (tertiary/aromatic N) is 5. The van der Waals surface area contributed by atoms with Crippen LogP contribution in [-0.2, 0) is 11.2 Å². The Morgan fingerprint density at radius 3 is 2.36 bits per heavy atom. The Bertz CT molecular complexity index is 644. The van der Waals surface area contributed by atoms with Crippen molar-refractivity contribution in [2.45, 2.75) is 33.1 Å². The van der Waals surface area contributed by atoms with Crippen molar-refractivity contribution in [1.82, 2.24) is 25.2 Å². The number of amides is 1. The second kappa shape index (κ2) is 11.0. The van der Waals surface area contributed by atoms with Gasteiger partial charge in [0, 0.05) is 58.4 Å². The van der Waals surface area contributed by atoms with Crippen molar-refractivity contribution in [3.63, 3.8) is 0 Å². The summed E-state index contributed by atoms with van der Waals surface area (Å²) in [5.41, 5.74) is 2.13. The molecule has 2 fully saturated rings. The molecule has 1 N–H and O–H groups in total. The summed E-state index contributed by atoms with van der Waals surface area (Å²) in [7, 11) is 1.82. The lowest BCUT2D eigenvalue weighted by Gasteiger charge is -2.36. The molecule has 3 heterocycles. The Labute approximate surface area is 184 Å². The van der Waals surface area contributed by atoms with Crippen LogP contribution in [0.15, 0.2) is 9.52 Å². The van der Waals surface area contributed by atoms with E-state index in [4.69, 9.17) is 4.52 Å². The average molecular weight is 504 g/mol. The number of aromatic nitrogens is 1. The highest BCUT2D eigenvalue weighted by Crippen LogP contribution is 2.12. The number of nitrogens with one attached hydrogen (secondary N) is 1. The molecule has 2 aliphatic heterocycles. The standard InChI is InChI=1S/C19H32N6O2.HI/c1-15-17(16(2)27-22-15)6-7-21-19(20-3)25-12-10-23(11-13-25)14-18(26)24-8-4-5-9-24;/h4-14H2,1-3H3,(H,20,21);1H. The number of hydrogen-bond acceptors (Lipinski definition) is 5. The van der Waals surface area contributed by atoms with Gasteiger partial charge in [-0.05, 0) is 33.1 Å². The van der Waals surface area contributed by atoms with E-state index in [1.807, 2.05) is 25.8 Å². The van der Waals surface area contributed by atoms with Crippen LogP contribution in [0.3, 0.4) is 0 Å². The number of rotatable bonds is 5. The van der Waals surface area contributed by atoms with Gasteiger partial charge in [0.25, 0.3) is 0 Å². The lowest BCUT2D eigenvalue weighted by Crippen LogP contribution is -2.54. The van der Waals surface area contributed by atoms with Gasteiger partial charge in [-0.25, -0.2) is 0 Å². The highest BCUT2D eigenvalue weighted by atomic mass is 127. The van der Waals surface area contributed by atoms with Crippen LogP contribution in [-0.4, -0.2) is 91.1 Å². The number of likely N-dealkylation sites (tertiary alicyclic amines) is 1. The van der Waals surface area contributed by atoms with Crippen molar-refractivity contribution < 1.29 is 9.32 Å². The first-order valence-corrected chi connectivity index (χ1v) is 9.96. The van der Waals surface area contributed by atoms with Crippen molar-refractivity contribution in [1.29, 1.82) is 0 Å². The largest absolute Gasteiger partial charge is 0.361 e. The van der Waals surface area contributed by atoms with E-state index in [0.29, 0.717) is 6.54 Å². The summed E-state index contributed by atoms with van der Waals surface area (Å²) < 4.78 is 5.22. The molecule has 0 saturated carbocycles. The second-order valence-electron chi connectivity index (χ2n) is 7.38. The molecule has 158 valence electrons. The molecule has 0 atom stereocenters. The molecule has 0 aliphatic carbocycles. The molecule has 0 bridgehead atoms. The van der Waals surface area contributed by atoms with Crippen molar-refractivity contribution in [3.05, 3.63) is 17.0 Å². The first-order valence-electron chi connectivity index (χ1n) is 9.96. The van der Waals surface area contributed by atoms with Crippen LogP contribution in [0, 0.1) is 13.8 Å². The van der Waals surface area contributed by atoms with Gasteiger partial charge in [-0.15, -0.1) is 24.0 Å². The Morgan fingerprint density at radius 1 is 1.11 bits per heavy atom. The van der Waals surface area contributed by atoms with Crippen LogP contribution >= 0.6 is 24.0 Å². The summed E-state index contributed by atoms with van der Waals surface area (Å²) in [5, 5.41) is 7.45. The summed E-state index contributed by atoms with van der Waals surface area (Å²) in [5.74, 6) is 2.09. The maximum atomic E-state index is 12.3. The van der Waals surface area contributed by atoms with Gasteiger partial charge >= 0.3 is 0 Å². The van der Waals surface area contributed by atoms with Gasteiger partial charge in [-0.1, -0.05) is 5.16 Å². The summed E-state index contributed by atoms with van der Waals surface area (Å²) in [6.45, 7) is 10.7. The molecule has 0 spiro atoms. The number of carbonyl (C=O) groups is 1. The van der Waals surface area contributed by atoms with Gasteiger partial charge < -0.3 is 19.6 Å². The minimum atomic E-state index is 0. The maximum absolute atomic E-state index is 12.3. The SMILES string of the molecule is CN=C(NCCc1c(C)noc1C)N1CCN(CC(=O)N2CCCC2)CC1.I. The zero-order chi connectivity index (χ0) is 19.2. The molecule has 8 nitrogen and oxygen atoms in total. The van der Waals surface area contributed by atoms with E-state index in [2.05, 4.69) is 25.3 Å². The Hall–Kier alpha value is -1.36. The predicted octanol–water partition coefficient (Wildman–Crippen LogP) is 1.27. The molecular formula is C19H33IN6O2. The maximum Gasteiger partial charge on any atom is 0.236 e. The summed E-state index contributed by atoms with van der Waals surface area (Å²) in [6.07, 6.45) is 3.16. The Morgan fingerprint density at radius 2 is 1.79 bits per heavy atom. The third-order valence-corrected chi connectivity index (χ3v) is 5.54. The van der Waals surface area contributed by atoms with E-state index in [1.54, 1.807) is 0 Å². The van der Waals surface area contributed by atoms with Crippen molar-refractivity contribution in [3.8, 4) is 0 Å². The molecule has 28 heavy (non-hydrogen) atoms. The average Bonchev–Trinajstić information content (AvgIpc) is 3.31. The van der Waals surface area contributed by atoms with Gasteiger partial charge in [0.15, 0.2) is 5.96 Å². The highest BCUT2D eigenvalue weighted by molar-refractivity contribution is 14.0. The smallest absolute Gasteiger partial charge is 0.236 e. The molecular weight excluding hydrogens is 471 g/mol. The molecule has 2 aliphatic rings. The van der Waals surface area contributed by atoms with Gasteiger partial charge in [0.2, 0.25) is 5.91 Å². The van der Waals surface area contributed by atoms with Crippen LogP contribution in [0.25, 0.3) is 0 Å². The quantitative estimate of drug-likeness (QED) is 0.370. The molecule has 3 rings (SSSR count). The van der Waals surface area contributed by atoms with Crippen molar-refractivity contribution in [2.24, 2.45) is 4.99 Å². The fraction of sp³-hybridized carbons (Fsp3) is 0.737. The fourth-order valence-corrected chi connectivity index (χ4v) is 3.87. The third-order valence-electron chi connectivity index (χ3n) is 5.54. The van der Waals surface area contributed by atoms with Gasteiger partial charge in [-0.2, -0.15) is 0 Å². The van der Waals surface area contributed by atoms with Crippen LogP contribution in [0.5, 0.6) is 0 Å². The number of hydrogen-bond donors (Lipinski definition) is 1. The predicted molar refractivity (Wildman–Crippen MR) is 120 cm³/mol. The molecule has 1 amide bonds. The Balaban J connectivity index is 0.00000280. The van der Waals surface area contributed by atoms with Gasteiger partial charge in [-0.3, -0.25) is 14.7 Å². The van der Waals surface area contributed by atoms with Crippen LogP contribution in [0.4, 0.5) is 0 Å². The van der Waals surface area contributed by atoms with Gasteiger partial charge in [0.1, 0.15) is 5.76 Å². The lowest BCUT2D eigenvalue weighted by atomic mass is 10.1. The van der Waals surface area contributed by atoms with Crippen LogP contribution in [0.1, 0.15) is 29.9 Å². The number of carbonyl (C=O) groups excluding carboxylic acids is 1. The normalized spacial score (nSPS) is 18.3. The summed E-state index contributed by atoms with van der Waals surface area (Å²) in [6, 6.07) is 0. The fourth-order valence-electron chi connectivity index (χ4n) is 3.87. The number of aryl methyl sites for hydroxylation is 2.